The van der Waals surface area contributed by atoms with E-state index in [1.165, 1.54) is 4.68 Å². The van der Waals surface area contributed by atoms with Crippen molar-refractivity contribution in [3.05, 3.63) is 11.8 Å². The van der Waals surface area contributed by atoms with Crippen LogP contribution in [-0.2, 0) is 23.8 Å². The van der Waals surface area contributed by atoms with E-state index < -0.39 is 11.5 Å². The number of carboxylic acid groups (broad SMARTS) is 1. The summed E-state index contributed by atoms with van der Waals surface area (Å²) in [4.78, 5) is 11.5. The maximum absolute atomic E-state index is 11.5. The smallest absolute Gasteiger partial charge is 0.331 e. The topological polar surface area (TPSA) is 98.7 Å². The lowest BCUT2D eigenvalue weighted by Gasteiger charge is -2.23. The summed E-state index contributed by atoms with van der Waals surface area (Å²) in [5, 5.41) is 25.3. The van der Waals surface area contributed by atoms with Gasteiger partial charge in [-0.25, -0.2) is 9.48 Å². The van der Waals surface area contributed by atoms with E-state index in [2.05, 4.69) is 20.6 Å². The van der Waals surface area contributed by atoms with Gasteiger partial charge in [0.05, 0.1) is 5.69 Å². The van der Waals surface area contributed by atoms with Crippen LogP contribution in [0.3, 0.4) is 0 Å². The van der Waals surface area contributed by atoms with Gasteiger partial charge >= 0.3 is 5.97 Å². The maximum atomic E-state index is 11.5. The highest BCUT2D eigenvalue weighted by Gasteiger charge is 2.37. The molecule has 0 bridgehead atoms. The van der Waals surface area contributed by atoms with Crippen LogP contribution < -0.4 is 0 Å². The lowest BCUT2D eigenvalue weighted by molar-refractivity contribution is -0.147. The Balaban J connectivity index is 2.58. The number of carboxylic acids is 1. The van der Waals surface area contributed by atoms with E-state index in [0.29, 0.717) is 17.9 Å². The Morgan fingerprint density at radius 2 is 2.15 bits per heavy atom. The molecule has 1 atom stereocenters. The Bertz CT molecular complexity index is 632. The van der Waals surface area contributed by atoms with E-state index in [4.69, 9.17) is 0 Å². The highest BCUT2D eigenvalue weighted by molar-refractivity contribution is 5.76. The van der Waals surface area contributed by atoms with Crippen LogP contribution in [-0.4, -0.2) is 41.1 Å². The first-order chi connectivity index (χ1) is 9.43. The van der Waals surface area contributed by atoms with Crippen LogP contribution in [0.4, 0.5) is 0 Å². The van der Waals surface area contributed by atoms with Gasteiger partial charge in [0.25, 0.3) is 0 Å². The van der Waals surface area contributed by atoms with E-state index in [-0.39, 0.29) is 0 Å². The van der Waals surface area contributed by atoms with Crippen molar-refractivity contribution in [3.63, 3.8) is 0 Å². The highest BCUT2D eigenvalue weighted by atomic mass is 16.4. The van der Waals surface area contributed by atoms with Crippen LogP contribution in [0.2, 0.25) is 0 Å². The normalized spacial score (nSPS) is 14.2. The van der Waals surface area contributed by atoms with Crippen molar-refractivity contribution >= 4 is 5.97 Å². The number of nitrogens with zero attached hydrogens (tertiary/aromatic N) is 6. The molecular weight excluding hydrogens is 260 g/mol. The maximum Gasteiger partial charge on any atom is 0.331 e. The van der Waals surface area contributed by atoms with Crippen LogP contribution in [0.15, 0.2) is 6.07 Å². The van der Waals surface area contributed by atoms with Crippen molar-refractivity contribution in [2.45, 2.75) is 39.2 Å². The molecule has 0 aromatic carbocycles. The molecule has 0 amide bonds. The summed E-state index contributed by atoms with van der Waals surface area (Å²) in [6.07, 6.45) is 1.16. The largest absolute Gasteiger partial charge is 0.479 e. The van der Waals surface area contributed by atoms with Crippen LogP contribution in [0.5, 0.6) is 0 Å². The third-order valence-corrected chi connectivity index (χ3v) is 3.61. The first-order valence-electron chi connectivity index (χ1n) is 6.49. The average Bonchev–Trinajstić information content (AvgIpc) is 3.03. The zero-order chi connectivity index (χ0) is 14.9. The molecule has 0 saturated heterocycles. The van der Waals surface area contributed by atoms with Crippen molar-refractivity contribution in [1.29, 1.82) is 0 Å². The van der Waals surface area contributed by atoms with Gasteiger partial charge in [0.1, 0.15) is 5.69 Å². The molecule has 2 rings (SSSR count). The molecular formula is C12H18N6O2. The zero-order valence-corrected chi connectivity index (χ0v) is 12.0. The molecule has 1 unspecified atom stereocenters. The van der Waals surface area contributed by atoms with Gasteiger partial charge in [0, 0.05) is 7.05 Å². The third kappa shape index (κ3) is 2.06. The van der Waals surface area contributed by atoms with Crippen LogP contribution in [0.25, 0.3) is 11.5 Å². The first-order valence-corrected chi connectivity index (χ1v) is 6.49. The molecule has 0 radical (unpaired) electrons. The average molecular weight is 278 g/mol. The van der Waals surface area contributed by atoms with Crippen LogP contribution in [0, 0.1) is 0 Å². The number of hydrogen-bond donors (Lipinski definition) is 1. The molecule has 8 heteroatoms. The number of aryl methyl sites for hydroxylation is 2. The molecule has 108 valence electrons. The lowest BCUT2D eigenvalue weighted by atomic mass is 9.99. The van der Waals surface area contributed by atoms with E-state index in [0.717, 1.165) is 12.1 Å². The number of rotatable bonds is 5. The fourth-order valence-corrected chi connectivity index (χ4v) is 1.98. The quantitative estimate of drug-likeness (QED) is 0.870. The van der Waals surface area contributed by atoms with Crippen LogP contribution >= 0.6 is 0 Å². The van der Waals surface area contributed by atoms with E-state index in [9.17, 15) is 9.90 Å². The summed E-state index contributed by atoms with van der Waals surface area (Å²) in [7, 11) is 1.79. The van der Waals surface area contributed by atoms with Gasteiger partial charge in [0.15, 0.2) is 5.54 Å². The molecule has 0 saturated carbocycles. The second kappa shape index (κ2) is 5.03. The van der Waals surface area contributed by atoms with Gasteiger partial charge in [-0.15, -0.1) is 5.10 Å². The minimum Gasteiger partial charge on any atom is -0.479 e. The van der Waals surface area contributed by atoms with Crippen molar-refractivity contribution in [3.8, 4) is 11.5 Å². The van der Waals surface area contributed by atoms with Gasteiger partial charge in [0.2, 0.25) is 5.82 Å². The molecule has 1 N–H and O–H groups in total. The van der Waals surface area contributed by atoms with Gasteiger partial charge in [-0.2, -0.15) is 5.10 Å². The molecule has 20 heavy (non-hydrogen) atoms. The molecule has 0 fully saturated rings. The summed E-state index contributed by atoms with van der Waals surface area (Å²) in [5.74, 6) is -0.558. The Morgan fingerprint density at radius 3 is 2.65 bits per heavy atom. The van der Waals surface area contributed by atoms with Crippen LogP contribution in [0.1, 0.15) is 32.9 Å². The van der Waals surface area contributed by atoms with Gasteiger partial charge < -0.3 is 5.11 Å². The summed E-state index contributed by atoms with van der Waals surface area (Å²) >= 11 is 0. The van der Waals surface area contributed by atoms with Gasteiger partial charge in [-0.1, -0.05) is 13.8 Å². The number of aromatic nitrogens is 6. The fourth-order valence-electron chi connectivity index (χ4n) is 1.98. The minimum absolute atomic E-state index is 0.374. The summed E-state index contributed by atoms with van der Waals surface area (Å²) < 4.78 is 3.02. The Hall–Kier alpha value is -2.25. The van der Waals surface area contributed by atoms with Crippen molar-refractivity contribution < 1.29 is 9.90 Å². The highest BCUT2D eigenvalue weighted by Crippen LogP contribution is 2.26. The molecule has 0 aliphatic rings. The van der Waals surface area contributed by atoms with Crippen molar-refractivity contribution in [2.24, 2.45) is 7.05 Å². The fraction of sp³-hybridized carbons (Fsp3) is 0.583. The zero-order valence-electron chi connectivity index (χ0n) is 12.0. The van der Waals surface area contributed by atoms with E-state index in [1.54, 1.807) is 25.6 Å². The second-order valence-corrected chi connectivity index (χ2v) is 4.84. The first kappa shape index (κ1) is 14.2. The molecule has 2 heterocycles. The summed E-state index contributed by atoms with van der Waals surface area (Å²) in [5.41, 5.74) is 0.425. The Kier molecular flexibility index (Phi) is 3.56. The predicted molar refractivity (Wildman–Crippen MR) is 71.0 cm³/mol. The van der Waals surface area contributed by atoms with Gasteiger partial charge in [-0.3, -0.25) is 4.68 Å². The number of carbonyl (C=O) groups is 1. The Morgan fingerprint density at radius 1 is 1.45 bits per heavy atom. The molecule has 2 aromatic heterocycles. The number of tetrazole rings is 1. The third-order valence-electron chi connectivity index (χ3n) is 3.61. The SMILES string of the molecule is CCc1cc(-c2nnnn2C(C)(CC)C(=O)O)n(C)n1. The molecule has 0 aliphatic carbocycles. The predicted octanol–water partition coefficient (Wildman–Crippen LogP) is 0.846. The van der Waals surface area contributed by atoms with Crippen molar-refractivity contribution in [2.75, 3.05) is 0 Å². The second-order valence-electron chi connectivity index (χ2n) is 4.84. The number of aliphatic carboxylic acids is 1. The summed E-state index contributed by atoms with van der Waals surface area (Å²) in [6.45, 7) is 5.40. The van der Waals surface area contributed by atoms with E-state index in [1.807, 2.05) is 13.0 Å². The van der Waals surface area contributed by atoms with Gasteiger partial charge in [-0.05, 0) is 36.3 Å². The van der Waals surface area contributed by atoms with E-state index >= 15 is 0 Å². The minimum atomic E-state index is -1.19. The lowest BCUT2D eigenvalue weighted by Crippen LogP contribution is -2.39. The van der Waals surface area contributed by atoms with Crippen molar-refractivity contribution in [1.82, 2.24) is 30.0 Å². The summed E-state index contributed by atoms with van der Waals surface area (Å²) in [6, 6.07) is 1.88. The molecule has 8 nitrogen and oxygen atoms in total. The molecule has 0 spiro atoms. The molecule has 0 aliphatic heterocycles. The molecule has 2 aromatic rings. The Labute approximate surface area is 116 Å². The monoisotopic (exact) mass is 278 g/mol. The standard InChI is InChI=1S/C12H18N6O2/c1-5-8-7-9(17(4)14-8)10-13-15-16-18(10)12(3,6-2)11(19)20/h7H,5-6H2,1-4H3,(H,19,20). The number of hydrogen-bond acceptors (Lipinski definition) is 5.